The molecule has 0 spiro atoms. The lowest BCUT2D eigenvalue weighted by molar-refractivity contribution is -0.123. The van der Waals surface area contributed by atoms with Crippen molar-refractivity contribution in [3.63, 3.8) is 0 Å². The maximum absolute atomic E-state index is 12.9. The Kier molecular flexibility index (Phi) is 7.86. The summed E-state index contributed by atoms with van der Waals surface area (Å²) < 4.78 is 36.1. The van der Waals surface area contributed by atoms with Gasteiger partial charge >= 0.3 is 10.1 Å². The number of ether oxygens (including phenoxy) is 1. The highest BCUT2D eigenvalue weighted by Gasteiger charge is 2.35. The van der Waals surface area contributed by atoms with Gasteiger partial charge in [0, 0.05) is 10.4 Å². The molecule has 0 atom stereocenters. The number of carbonyl (C=O) groups excluding carboxylic acids is 2. The molecule has 198 valence electrons. The lowest BCUT2D eigenvalue weighted by Crippen LogP contribution is -2.32. The van der Waals surface area contributed by atoms with Crippen LogP contribution in [0.5, 0.6) is 11.5 Å². The maximum Gasteiger partial charge on any atom is 0.339 e. The van der Waals surface area contributed by atoms with Gasteiger partial charge in [0.25, 0.3) is 11.1 Å². The molecular weight excluding hydrogens is 581 g/mol. The van der Waals surface area contributed by atoms with Crippen LogP contribution in [0.2, 0.25) is 10.0 Å². The van der Waals surface area contributed by atoms with Crippen LogP contribution in [-0.2, 0) is 14.9 Å². The van der Waals surface area contributed by atoms with Crippen LogP contribution in [0.25, 0.3) is 16.8 Å². The van der Waals surface area contributed by atoms with Gasteiger partial charge in [0.05, 0.1) is 16.5 Å². The summed E-state index contributed by atoms with van der Waals surface area (Å²) in [6.45, 7) is 0.223. The largest absolute Gasteiger partial charge is 0.491 e. The van der Waals surface area contributed by atoms with E-state index in [0.29, 0.717) is 16.3 Å². The highest BCUT2D eigenvalue weighted by molar-refractivity contribution is 8.18. The first kappa shape index (κ1) is 27.1. The molecule has 0 aromatic heterocycles. The van der Waals surface area contributed by atoms with Crippen LogP contribution in [0, 0.1) is 0 Å². The predicted octanol–water partition coefficient (Wildman–Crippen LogP) is 7.03. The molecule has 1 aliphatic rings. The molecule has 0 saturated carbocycles. The predicted molar refractivity (Wildman–Crippen MR) is 153 cm³/mol. The second-order valence-corrected chi connectivity index (χ2v) is 11.7. The first-order chi connectivity index (χ1) is 18.7. The van der Waals surface area contributed by atoms with Crippen molar-refractivity contribution in [1.29, 1.82) is 0 Å². The third-order valence-electron chi connectivity index (χ3n) is 5.75. The molecule has 0 N–H and O–H groups in total. The van der Waals surface area contributed by atoms with Crippen LogP contribution in [0.3, 0.4) is 0 Å². The number of nitrogens with zero attached hydrogens (tertiary/aromatic N) is 1. The number of fused-ring (bicyclic) bond motifs is 1. The number of halogens is 2. The fraction of sp³-hybridized carbons (Fsp3) is 0.0714. The standard InChI is InChI=1S/C28H19Cl2NO6S2/c29-20-9-11-21(12-10-20)39(34,35)37-25-13-8-18(16-23(25)30)17-26-27(32)31(28(33)38-26)14-15-36-24-7-3-5-19-4-1-2-6-22(19)24/h1-13,16-17H,14-15H2/b26-17-. The molecule has 4 aromatic carbocycles. The van der Waals surface area contributed by atoms with Crippen molar-refractivity contribution < 1.29 is 26.9 Å². The smallest absolute Gasteiger partial charge is 0.339 e. The fourth-order valence-electron chi connectivity index (χ4n) is 3.85. The summed E-state index contributed by atoms with van der Waals surface area (Å²) in [7, 11) is -4.13. The summed E-state index contributed by atoms with van der Waals surface area (Å²) in [6.07, 6.45) is 1.51. The molecule has 0 radical (unpaired) electrons. The van der Waals surface area contributed by atoms with E-state index >= 15 is 0 Å². The summed E-state index contributed by atoms with van der Waals surface area (Å²) in [5, 5.41) is 1.97. The molecule has 0 unspecified atom stereocenters. The lowest BCUT2D eigenvalue weighted by atomic mass is 10.1. The van der Waals surface area contributed by atoms with Crippen molar-refractivity contribution in [2.24, 2.45) is 0 Å². The molecular formula is C28H19Cl2NO6S2. The van der Waals surface area contributed by atoms with E-state index < -0.39 is 21.3 Å². The van der Waals surface area contributed by atoms with E-state index in [1.54, 1.807) is 0 Å². The monoisotopic (exact) mass is 599 g/mol. The number of carbonyl (C=O) groups is 2. The molecule has 7 nitrogen and oxygen atoms in total. The molecule has 4 aromatic rings. The van der Waals surface area contributed by atoms with Gasteiger partial charge in [-0.15, -0.1) is 0 Å². The van der Waals surface area contributed by atoms with Gasteiger partial charge in [0.15, 0.2) is 5.75 Å². The van der Waals surface area contributed by atoms with Gasteiger partial charge in [-0.2, -0.15) is 8.42 Å². The first-order valence-electron chi connectivity index (χ1n) is 11.6. The third kappa shape index (κ3) is 6.07. The van der Waals surface area contributed by atoms with Crippen molar-refractivity contribution in [3.8, 4) is 11.5 Å². The SMILES string of the molecule is O=C1S/C(=C\c2ccc(OS(=O)(=O)c3ccc(Cl)cc3)c(Cl)c2)C(=O)N1CCOc1cccc2ccccc12. The summed E-state index contributed by atoms with van der Waals surface area (Å²) in [5.74, 6) is 0.140. The van der Waals surface area contributed by atoms with Crippen molar-refractivity contribution >= 4 is 73.1 Å². The van der Waals surface area contributed by atoms with Crippen LogP contribution in [-0.4, -0.2) is 37.6 Å². The van der Waals surface area contributed by atoms with Crippen molar-refractivity contribution in [2.75, 3.05) is 13.2 Å². The van der Waals surface area contributed by atoms with Crippen molar-refractivity contribution in [3.05, 3.63) is 105 Å². The average molecular weight is 601 g/mol. The Hall–Kier alpha value is -3.50. The van der Waals surface area contributed by atoms with Gasteiger partial charge in [0.2, 0.25) is 0 Å². The van der Waals surface area contributed by atoms with Crippen LogP contribution in [0.4, 0.5) is 4.79 Å². The second-order valence-electron chi connectivity index (χ2n) is 8.34. The van der Waals surface area contributed by atoms with E-state index in [1.807, 2.05) is 42.5 Å². The molecule has 1 saturated heterocycles. The van der Waals surface area contributed by atoms with Crippen molar-refractivity contribution in [1.82, 2.24) is 4.90 Å². The summed E-state index contributed by atoms with van der Waals surface area (Å²) in [5.41, 5.74) is 0.494. The number of amides is 2. The molecule has 2 amide bonds. The zero-order valence-corrected chi connectivity index (χ0v) is 23.2. The van der Waals surface area contributed by atoms with Gasteiger partial charge in [0.1, 0.15) is 17.3 Å². The quantitative estimate of drug-likeness (QED) is 0.158. The van der Waals surface area contributed by atoms with Gasteiger partial charge in [-0.05, 0) is 71.3 Å². The van der Waals surface area contributed by atoms with E-state index in [9.17, 15) is 18.0 Å². The third-order valence-corrected chi connectivity index (χ3v) is 8.45. The topological polar surface area (TPSA) is 90.0 Å². The van der Waals surface area contributed by atoms with Gasteiger partial charge in [-0.1, -0.05) is 65.7 Å². The first-order valence-corrected chi connectivity index (χ1v) is 14.5. The molecule has 1 fully saturated rings. The molecule has 1 aliphatic heterocycles. The van der Waals surface area contributed by atoms with E-state index in [2.05, 4.69) is 0 Å². The Morgan fingerprint density at radius 3 is 2.38 bits per heavy atom. The Morgan fingerprint density at radius 2 is 1.62 bits per heavy atom. The highest BCUT2D eigenvalue weighted by atomic mass is 35.5. The summed E-state index contributed by atoms with van der Waals surface area (Å²) >= 11 is 12.9. The number of rotatable bonds is 8. The average Bonchev–Trinajstić information content (AvgIpc) is 3.18. The molecule has 11 heteroatoms. The number of imide groups is 1. The normalized spacial score (nSPS) is 14.8. The molecule has 0 bridgehead atoms. The highest BCUT2D eigenvalue weighted by Crippen LogP contribution is 2.34. The Bertz CT molecular complexity index is 1720. The Labute approximate surface area is 239 Å². The Morgan fingerprint density at radius 1 is 0.872 bits per heavy atom. The van der Waals surface area contributed by atoms with Gasteiger partial charge < -0.3 is 8.92 Å². The molecule has 5 rings (SSSR count). The zero-order valence-electron chi connectivity index (χ0n) is 20.0. The number of hydrogen-bond donors (Lipinski definition) is 0. The van der Waals surface area contributed by atoms with Crippen LogP contribution in [0.1, 0.15) is 5.56 Å². The minimum Gasteiger partial charge on any atom is -0.491 e. The van der Waals surface area contributed by atoms with E-state index in [-0.39, 0.29) is 33.7 Å². The number of hydrogen-bond acceptors (Lipinski definition) is 7. The fourth-order valence-corrected chi connectivity index (χ4v) is 6.07. The lowest BCUT2D eigenvalue weighted by Gasteiger charge is -2.14. The zero-order chi connectivity index (χ0) is 27.6. The number of thioether (sulfide) groups is 1. The maximum atomic E-state index is 12.9. The number of benzene rings is 4. The Balaban J connectivity index is 1.25. The van der Waals surface area contributed by atoms with E-state index in [0.717, 1.165) is 27.4 Å². The summed E-state index contributed by atoms with van der Waals surface area (Å²) in [4.78, 5) is 26.7. The molecule has 1 heterocycles. The second kappa shape index (κ2) is 11.3. The van der Waals surface area contributed by atoms with Crippen LogP contribution >= 0.6 is 35.0 Å². The minimum atomic E-state index is -4.13. The summed E-state index contributed by atoms with van der Waals surface area (Å²) in [6, 6.07) is 23.4. The molecule has 0 aliphatic carbocycles. The molecule has 39 heavy (non-hydrogen) atoms. The van der Waals surface area contributed by atoms with Crippen LogP contribution in [0.15, 0.2) is 94.7 Å². The van der Waals surface area contributed by atoms with Crippen LogP contribution < -0.4 is 8.92 Å². The van der Waals surface area contributed by atoms with Gasteiger partial charge in [-0.3, -0.25) is 14.5 Å². The van der Waals surface area contributed by atoms with E-state index in [1.165, 1.54) is 48.5 Å². The minimum absolute atomic E-state index is 0.0176. The van der Waals surface area contributed by atoms with Crippen molar-refractivity contribution in [2.45, 2.75) is 4.90 Å². The van der Waals surface area contributed by atoms with Gasteiger partial charge in [-0.25, -0.2) is 0 Å². The van der Waals surface area contributed by atoms with E-state index in [4.69, 9.17) is 32.1 Å².